The Kier molecular flexibility index (Phi) is 4.09. The Morgan fingerprint density at radius 2 is 2.00 bits per heavy atom. The van der Waals surface area contributed by atoms with Crippen LogP contribution >= 0.6 is 11.3 Å². The van der Waals surface area contributed by atoms with Crippen LogP contribution in [0, 0.1) is 12.3 Å². The van der Waals surface area contributed by atoms with Gasteiger partial charge in [-0.2, -0.15) is 0 Å². The first-order valence-electron chi connectivity index (χ1n) is 6.27. The van der Waals surface area contributed by atoms with E-state index in [2.05, 4.69) is 4.98 Å². The Hall–Kier alpha value is -1.88. The van der Waals surface area contributed by atoms with Crippen molar-refractivity contribution in [3.8, 4) is 16.3 Å². The zero-order valence-electron chi connectivity index (χ0n) is 11.7. The highest BCUT2D eigenvalue weighted by Crippen LogP contribution is 2.26. The summed E-state index contributed by atoms with van der Waals surface area (Å²) >= 11 is 1.60. The van der Waals surface area contributed by atoms with Crippen LogP contribution in [-0.4, -0.2) is 22.7 Å². The third-order valence-electron chi connectivity index (χ3n) is 2.90. The van der Waals surface area contributed by atoms with Gasteiger partial charge >= 0.3 is 5.97 Å². The van der Waals surface area contributed by atoms with Gasteiger partial charge in [-0.15, -0.1) is 11.3 Å². The van der Waals surface area contributed by atoms with E-state index < -0.39 is 11.4 Å². The number of carbonyl (C=O) groups is 1. The Labute approximate surface area is 122 Å². The fourth-order valence-electron chi connectivity index (χ4n) is 1.51. The minimum atomic E-state index is -0.898. The minimum Gasteiger partial charge on any atom is -0.492 e. The van der Waals surface area contributed by atoms with Crippen LogP contribution in [0.25, 0.3) is 10.6 Å². The molecule has 1 heterocycles. The number of thiazole rings is 1. The standard InChI is InChI=1S/C15H17NO3S/c1-10-8-20-13(16-10)11-4-6-12(7-5-11)19-9-15(2,3)14(17)18/h4-8H,9H2,1-3H3,(H,17,18). The fourth-order valence-corrected chi connectivity index (χ4v) is 2.31. The lowest BCUT2D eigenvalue weighted by Gasteiger charge is -2.19. The van der Waals surface area contributed by atoms with Gasteiger partial charge in [0.1, 0.15) is 17.4 Å². The third-order valence-corrected chi connectivity index (χ3v) is 3.91. The van der Waals surface area contributed by atoms with Crippen molar-refractivity contribution in [2.45, 2.75) is 20.8 Å². The van der Waals surface area contributed by atoms with Gasteiger partial charge in [-0.05, 0) is 45.0 Å². The molecule has 1 aromatic carbocycles. The second-order valence-corrected chi connectivity index (χ2v) is 6.15. The van der Waals surface area contributed by atoms with E-state index >= 15 is 0 Å². The van der Waals surface area contributed by atoms with E-state index in [9.17, 15) is 4.79 Å². The summed E-state index contributed by atoms with van der Waals surface area (Å²) in [6.07, 6.45) is 0. The maximum atomic E-state index is 11.0. The zero-order valence-corrected chi connectivity index (χ0v) is 12.5. The van der Waals surface area contributed by atoms with Crippen LogP contribution in [0.15, 0.2) is 29.6 Å². The first kappa shape index (κ1) is 14.5. The molecule has 106 valence electrons. The second kappa shape index (κ2) is 5.63. The number of aryl methyl sites for hydroxylation is 1. The van der Waals surface area contributed by atoms with Crippen molar-refractivity contribution in [1.82, 2.24) is 4.98 Å². The molecule has 0 aliphatic rings. The van der Waals surface area contributed by atoms with Gasteiger partial charge in [0.2, 0.25) is 0 Å². The predicted octanol–water partition coefficient (Wildman–Crippen LogP) is 3.61. The molecule has 4 nitrogen and oxygen atoms in total. The first-order chi connectivity index (χ1) is 9.38. The highest BCUT2D eigenvalue weighted by molar-refractivity contribution is 7.13. The van der Waals surface area contributed by atoms with Gasteiger partial charge in [0.25, 0.3) is 0 Å². The quantitative estimate of drug-likeness (QED) is 0.914. The number of hydrogen-bond acceptors (Lipinski definition) is 4. The number of carboxylic acid groups (broad SMARTS) is 1. The van der Waals surface area contributed by atoms with Crippen LogP contribution in [0.2, 0.25) is 0 Å². The lowest BCUT2D eigenvalue weighted by atomic mass is 9.95. The molecule has 1 aromatic heterocycles. The van der Waals surface area contributed by atoms with Gasteiger partial charge in [0, 0.05) is 16.6 Å². The molecule has 20 heavy (non-hydrogen) atoms. The van der Waals surface area contributed by atoms with Crippen LogP contribution in [0.3, 0.4) is 0 Å². The number of aromatic nitrogens is 1. The summed E-state index contributed by atoms with van der Waals surface area (Å²) in [4.78, 5) is 15.4. The monoisotopic (exact) mass is 291 g/mol. The number of ether oxygens (including phenoxy) is 1. The van der Waals surface area contributed by atoms with Crippen LogP contribution < -0.4 is 4.74 Å². The van der Waals surface area contributed by atoms with Crippen LogP contribution in [-0.2, 0) is 4.79 Å². The normalized spacial score (nSPS) is 11.3. The summed E-state index contributed by atoms with van der Waals surface area (Å²) in [5, 5.41) is 12.0. The number of hydrogen-bond donors (Lipinski definition) is 1. The Morgan fingerprint density at radius 1 is 1.35 bits per heavy atom. The van der Waals surface area contributed by atoms with Crippen molar-refractivity contribution in [2.75, 3.05) is 6.61 Å². The lowest BCUT2D eigenvalue weighted by molar-refractivity contribution is -0.148. The van der Waals surface area contributed by atoms with Crippen molar-refractivity contribution >= 4 is 17.3 Å². The predicted molar refractivity (Wildman–Crippen MR) is 79.2 cm³/mol. The molecule has 0 spiro atoms. The largest absolute Gasteiger partial charge is 0.492 e. The van der Waals surface area contributed by atoms with Crippen LogP contribution in [0.1, 0.15) is 19.5 Å². The maximum absolute atomic E-state index is 11.0. The summed E-state index contributed by atoms with van der Waals surface area (Å²) in [5.74, 6) is -0.205. The minimum absolute atomic E-state index is 0.137. The number of benzene rings is 1. The van der Waals surface area contributed by atoms with Crippen molar-refractivity contribution in [3.05, 3.63) is 35.3 Å². The van der Waals surface area contributed by atoms with E-state index in [1.54, 1.807) is 25.2 Å². The van der Waals surface area contributed by atoms with E-state index in [1.165, 1.54) is 0 Å². The van der Waals surface area contributed by atoms with Gasteiger partial charge in [0.15, 0.2) is 0 Å². The lowest BCUT2D eigenvalue weighted by Crippen LogP contribution is -2.30. The van der Waals surface area contributed by atoms with Gasteiger partial charge in [-0.1, -0.05) is 0 Å². The van der Waals surface area contributed by atoms with Crippen LogP contribution in [0.4, 0.5) is 0 Å². The number of rotatable bonds is 5. The SMILES string of the molecule is Cc1csc(-c2ccc(OCC(C)(C)C(=O)O)cc2)n1. The van der Waals surface area contributed by atoms with E-state index in [0.29, 0.717) is 5.75 Å². The third kappa shape index (κ3) is 3.36. The molecule has 0 saturated heterocycles. The van der Waals surface area contributed by atoms with Crippen molar-refractivity contribution in [1.29, 1.82) is 0 Å². The van der Waals surface area contributed by atoms with Gasteiger partial charge in [-0.3, -0.25) is 4.79 Å². The van der Waals surface area contributed by atoms with Crippen molar-refractivity contribution < 1.29 is 14.6 Å². The number of carboxylic acids is 1. The molecular weight excluding hydrogens is 274 g/mol. The maximum Gasteiger partial charge on any atom is 0.312 e. The highest BCUT2D eigenvalue weighted by atomic mass is 32.1. The fraction of sp³-hybridized carbons (Fsp3) is 0.333. The highest BCUT2D eigenvalue weighted by Gasteiger charge is 2.28. The first-order valence-corrected chi connectivity index (χ1v) is 7.15. The molecule has 0 atom stereocenters. The van der Waals surface area contributed by atoms with E-state index in [4.69, 9.17) is 9.84 Å². The van der Waals surface area contributed by atoms with E-state index in [0.717, 1.165) is 16.3 Å². The van der Waals surface area contributed by atoms with Gasteiger partial charge < -0.3 is 9.84 Å². The molecule has 2 rings (SSSR count). The molecule has 0 fully saturated rings. The molecule has 0 radical (unpaired) electrons. The van der Waals surface area contributed by atoms with Crippen molar-refractivity contribution in [2.24, 2.45) is 5.41 Å². The van der Waals surface area contributed by atoms with Gasteiger partial charge in [0.05, 0.1) is 5.41 Å². The molecule has 0 bridgehead atoms. The molecule has 1 N–H and O–H groups in total. The Bertz CT molecular complexity index is 602. The number of nitrogens with zero attached hydrogens (tertiary/aromatic N) is 1. The zero-order chi connectivity index (χ0) is 14.8. The van der Waals surface area contributed by atoms with Crippen LogP contribution in [0.5, 0.6) is 5.75 Å². The van der Waals surface area contributed by atoms with E-state index in [1.807, 2.05) is 36.6 Å². The smallest absolute Gasteiger partial charge is 0.312 e. The topological polar surface area (TPSA) is 59.4 Å². The summed E-state index contributed by atoms with van der Waals surface area (Å²) in [6.45, 7) is 5.38. The summed E-state index contributed by atoms with van der Waals surface area (Å²) in [5.41, 5.74) is 1.15. The average molecular weight is 291 g/mol. The molecule has 0 aliphatic carbocycles. The van der Waals surface area contributed by atoms with E-state index in [-0.39, 0.29) is 6.61 Å². The Balaban J connectivity index is 2.04. The van der Waals surface area contributed by atoms with Crippen molar-refractivity contribution in [3.63, 3.8) is 0 Å². The van der Waals surface area contributed by atoms with Gasteiger partial charge in [-0.25, -0.2) is 4.98 Å². The number of aliphatic carboxylic acids is 1. The molecule has 0 saturated carbocycles. The average Bonchev–Trinajstić information content (AvgIpc) is 2.83. The molecular formula is C15H17NO3S. The Morgan fingerprint density at radius 3 is 2.50 bits per heavy atom. The molecule has 0 unspecified atom stereocenters. The summed E-state index contributed by atoms with van der Waals surface area (Å²) < 4.78 is 5.53. The summed E-state index contributed by atoms with van der Waals surface area (Å²) in [6, 6.07) is 7.54. The summed E-state index contributed by atoms with van der Waals surface area (Å²) in [7, 11) is 0. The second-order valence-electron chi connectivity index (χ2n) is 5.30. The molecule has 0 amide bonds. The molecule has 2 aromatic rings. The molecule has 5 heteroatoms. The molecule has 0 aliphatic heterocycles.